The number of carbonyl (C=O) groups is 1. The maximum atomic E-state index is 12.9. The van der Waals surface area contributed by atoms with Crippen LogP contribution in [0.4, 0.5) is 4.39 Å². The van der Waals surface area contributed by atoms with E-state index < -0.39 is 11.8 Å². The number of carboxylic acid groups (broad SMARTS) is 1. The standard InChI is InChI=1S/C10H7FN2O2/c11-7-2-1-6-5-12-9(4-10(14)15)13-8(6)3-7/h1-3,5H,4H2,(H,14,15). The lowest BCUT2D eigenvalue weighted by molar-refractivity contribution is -0.136. The third-order valence-electron chi connectivity index (χ3n) is 1.90. The van der Waals surface area contributed by atoms with Crippen molar-refractivity contribution < 1.29 is 14.3 Å². The maximum Gasteiger partial charge on any atom is 0.311 e. The number of halogens is 1. The van der Waals surface area contributed by atoms with E-state index in [4.69, 9.17) is 5.11 Å². The molecule has 4 nitrogen and oxygen atoms in total. The normalized spacial score (nSPS) is 10.5. The first-order chi connectivity index (χ1) is 7.15. The number of hydrogen-bond acceptors (Lipinski definition) is 3. The summed E-state index contributed by atoms with van der Waals surface area (Å²) in [6, 6.07) is 4.11. The van der Waals surface area contributed by atoms with E-state index in [0.29, 0.717) is 10.9 Å². The van der Waals surface area contributed by atoms with Crippen LogP contribution in [0, 0.1) is 5.82 Å². The van der Waals surface area contributed by atoms with Crippen molar-refractivity contribution in [3.63, 3.8) is 0 Å². The van der Waals surface area contributed by atoms with Gasteiger partial charge in [0.25, 0.3) is 0 Å². The number of rotatable bonds is 2. The van der Waals surface area contributed by atoms with Gasteiger partial charge in [-0.3, -0.25) is 4.79 Å². The van der Waals surface area contributed by atoms with Gasteiger partial charge in [0.1, 0.15) is 18.1 Å². The largest absolute Gasteiger partial charge is 0.481 e. The summed E-state index contributed by atoms with van der Waals surface area (Å²) in [5.74, 6) is -1.23. The molecular formula is C10H7FN2O2. The quantitative estimate of drug-likeness (QED) is 0.806. The molecule has 0 unspecified atom stereocenters. The van der Waals surface area contributed by atoms with Crippen LogP contribution in [-0.4, -0.2) is 21.0 Å². The Bertz CT molecular complexity index is 528. The second kappa shape index (κ2) is 3.61. The van der Waals surface area contributed by atoms with E-state index in [2.05, 4.69) is 9.97 Å². The van der Waals surface area contributed by atoms with Crippen LogP contribution in [0.5, 0.6) is 0 Å². The van der Waals surface area contributed by atoms with Crippen molar-refractivity contribution in [2.24, 2.45) is 0 Å². The molecule has 1 aromatic heterocycles. The molecule has 76 valence electrons. The highest BCUT2D eigenvalue weighted by Crippen LogP contribution is 2.12. The Hall–Kier alpha value is -2.04. The number of nitrogens with zero attached hydrogens (tertiary/aromatic N) is 2. The van der Waals surface area contributed by atoms with Gasteiger partial charge in [0, 0.05) is 17.6 Å². The van der Waals surface area contributed by atoms with Crippen LogP contribution in [0.2, 0.25) is 0 Å². The Morgan fingerprint density at radius 1 is 1.47 bits per heavy atom. The Morgan fingerprint density at radius 3 is 3.00 bits per heavy atom. The van der Waals surface area contributed by atoms with Crippen molar-refractivity contribution in [1.29, 1.82) is 0 Å². The van der Waals surface area contributed by atoms with E-state index >= 15 is 0 Å². The van der Waals surface area contributed by atoms with Crippen molar-refractivity contribution in [2.45, 2.75) is 6.42 Å². The second-order valence-electron chi connectivity index (χ2n) is 3.06. The Kier molecular flexibility index (Phi) is 2.29. The van der Waals surface area contributed by atoms with Gasteiger partial charge in [0.15, 0.2) is 0 Å². The van der Waals surface area contributed by atoms with E-state index in [-0.39, 0.29) is 12.2 Å². The fourth-order valence-corrected chi connectivity index (χ4v) is 1.26. The van der Waals surface area contributed by atoms with Crippen LogP contribution < -0.4 is 0 Å². The topological polar surface area (TPSA) is 63.1 Å². The van der Waals surface area contributed by atoms with Crippen LogP contribution in [0.3, 0.4) is 0 Å². The highest BCUT2D eigenvalue weighted by Gasteiger charge is 2.05. The lowest BCUT2D eigenvalue weighted by Crippen LogP contribution is -2.04. The molecule has 0 aliphatic heterocycles. The molecule has 2 rings (SSSR count). The summed E-state index contributed by atoms with van der Waals surface area (Å²) in [7, 11) is 0. The Morgan fingerprint density at radius 2 is 2.27 bits per heavy atom. The number of hydrogen-bond donors (Lipinski definition) is 1. The van der Waals surface area contributed by atoms with Crippen LogP contribution in [0.15, 0.2) is 24.4 Å². The zero-order valence-electron chi connectivity index (χ0n) is 7.64. The lowest BCUT2D eigenvalue weighted by atomic mass is 10.2. The number of aromatic nitrogens is 2. The summed E-state index contributed by atoms with van der Waals surface area (Å²) in [4.78, 5) is 18.2. The molecule has 0 amide bonds. The maximum absolute atomic E-state index is 12.9. The molecule has 15 heavy (non-hydrogen) atoms. The van der Waals surface area contributed by atoms with Gasteiger partial charge >= 0.3 is 5.97 Å². The van der Waals surface area contributed by atoms with Gasteiger partial charge in [-0.1, -0.05) is 0 Å². The lowest BCUT2D eigenvalue weighted by Gasteiger charge is -1.99. The molecule has 0 atom stereocenters. The summed E-state index contributed by atoms with van der Waals surface area (Å²) in [5.41, 5.74) is 0.418. The number of benzene rings is 1. The average Bonchev–Trinajstić information content (AvgIpc) is 2.16. The molecule has 0 spiro atoms. The molecule has 0 saturated heterocycles. The molecule has 0 bridgehead atoms. The molecule has 0 aliphatic carbocycles. The molecule has 0 saturated carbocycles. The van der Waals surface area contributed by atoms with Gasteiger partial charge in [-0.05, 0) is 12.1 Å². The first kappa shape index (κ1) is 9.51. The Balaban J connectivity index is 2.49. The minimum absolute atomic E-state index is 0.181. The van der Waals surface area contributed by atoms with Crippen molar-refractivity contribution in [2.75, 3.05) is 0 Å². The summed E-state index contributed by atoms with van der Waals surface area (Å²) in [5, 5.41) is 9.23. The fourth-order valence-electron chi connectivity index (χ4n) is 1.26. The summed E-state index contributed by atoms with van der Waals surface area (Å²) in [6.07, 6.45) is 1.23. The molecular weight excluding hydrogens is 199 g/mol. The highest BCUT2D eigenvalue weighted by molar-refractivity contribution is 5.78. The van der Waals surface area contributed by atoms with Crippen molar-refractivity contribution >= 4 is 16.9 Å². The zero-order valence-corrected chi connectivity index (χ0v) is 7.64. The highest BCUT2D eigenvalue weighted by atomic mass is 19.1. The van der Waals surface area contributed by atoms with E-state index in [1.165, 1.54) is 18.3 Å². The molecule has 1 heterocycles. The minimum atomic E-state index is -1.01. The van der Waals surface area contributed by atoms with Gasteiger partial charge in [0.2, 0.25) is 0 Å². The monoisotopic (exact) mass is 206 g/mol. The fraction of sp³-hybridized carbons (Fsp3) is 0.100. The molecule has 1 aromatic carbocycles. The summed E-state index contributed by atoms with van der Waals surface area (Å²) in [6.45, 7) is 0. The van der Waals surface area contributed by atoms with E-state index in [9.17, 15) is 9.18 Å². The number of fused-ring (bicyclic) bond motifs is 1. The van der Waals surface area contributed by atoms with Crippen LogP contribution in [0.25, 0.3) is 10.9 Å². The Labute approximate surface area is 84.4 Å². The third kappa shape index (κ3) is 2.07. The van der Waals surface area contributed by atoms with Gasteiger partial charge in [-0.2, -0.15) is 0 Å². The number of aliphatic carboxylic acids is 1. The van der Waals surface area contributed by atoms with Gasteiger partial charge in [0.05, 0.1) is 5.52 Å². The van der Waals surface area contributed by atoms with Crippen LogP contribution >= 0.6 is 0 Å². The van der Waals surface area contributed by atoms with Crippen molar-refractivity contribution in [1.82, 2.24) is 9.97 Å². The van der Waals surface area contributed by atoms with Gasteiger partial charge < -0.3 is 5.11 Å². The average molecular weight is 206 g/mol. The number of carboxylic acids is 1. The van der Waals surface area contributed by atoms with E-state index in [0.717, 1.165) is 0 Å². The molecule has 0 radical (unpaired) electrons. The third-order valence-corrected chi connectivity index (χ3v) is 1.90. The molecule has 0 fully saturated rings. The predicted molar refractivity (Wildman–Crippen MR) is 50.8 cm³/mol. The zero-order chi connectivity index (χ0) is 10.8. The van der Waals surface area contributed by atoms with E-state index in [1.807, 2.05) is 0 Å². The first-order valence-corrected chi connectivity index (χ1v) is 4.28. The van der Waals surface area contributed by atoms with Crippen LogP contribution in [-0.2, 0) is 11.2 Å². The summed E-state index contributed by atoms with van der Waals surface area (Å²) < 4.78 is 12.9. The van der Waals surface area contributed by atoms with E-state index in [1.54, 1.807) is 6.07 Å². The molecule has 5 heteroatoms. The molecule has 0 aliphatic rings. The SMILES string of the molecule is O=C(O)Cc1ncc2ccc(F)cc2n1. The van der Waals surface area contributed by atoms with Crippen molar-refractivity contribution in [3.05, 3.63) is 36.0 Å². The van der Waals surface area contributed by atoms with Gasteiger partial charge in [-0.25, -0.2) is 14.4 Å². The molecule has 2 aromatic rings. The second-order valence-corrected chi connectivity index (χ2v) is 3.06. The van der Waals surface area contributed by atoms with Gasteiger partial charge in [-0.15, -0.1) is 0 Å². The molecule has 1 N–H and O–H groups in total. The summed E-state index contributed by atoms with van der Waals surface area (Å²) >= 11 is 0. The first-order valence-electron chi connectivity index (χ1n) is 4.28. The smallest absolute Gasteiger partial charge is 0.311 e. The minimum Gasteiger partial charge on any atom is -0.481 e. The van der Waals surface area contributed by atoms with Crippen LogP contribution in [0.1, 0.15) is 5.82 Å². The van der Waals surface area contributed by atoms with Crippen molar-refractivity contribution in [3.8, 4) is 0 Å². The predicted octanol–water partition coefficient (Wildman–Crippen LogP) is 1.40.